The highest BCUT2D eigenvalue weighted by molar-refractivity contribution is 5.42. The number of anilines is 1. The van der Waals surface area contributed by atoms with E-state index in [1.165, 1.54) is 5.69 Å². The van der Waals surface area contributed by atoms with Gasteiger partial charge in [-0.3, -0.25) is 0 Å². The van der Waals surface area contributed by atoms with Crippen molar-refractivity contribution < 1.29 is 0 Å². The summed E-state index contributed by atoms with van der Waals surface area (Å²) >= 11 is 0. The SMILES string of the molecule is C.CC(C)(C)CNc1ccccc1. The summed E-state index contributed by atoms with van der Waals surface area (Å²) in [6.07, 6.45) is 0. The van der Waals surface area contributed by atoms with Crippen LogP contribution in [0.2, 0.25) is 0 Å². The van der Waals surface area contributed by atoms with Crippen LogP contribution >= 0.6 is 0 Å². The lowest BCUT2D eigenvalue weighted by Crippen LogP contribution is -2.18. The van der Waals surface area contributed by atoms with Crippen molar-refractivity contribution in [2.45, 2.75) is 28.2 Å². The maximum atomic E-state index is 3.38. The fourth-order valence-electron chi connectivity index (χ4n) is 0.923. The summed E-state index contributed by atoms with van der Waals surface area (Å²) in [5, 5.41) is 3.38. The molecule has 0 aliphatic heterocycles. The van der Waals surface area contributed by atoms with Crippen LogP contribution in [0.5, 0.6) is 0 Å². The molecule has 0 saturated heterocycles. The molecule has 13 heavy (non-hydrogen) atoms. The van der Waals surface area contributed by atoms with Crippen molar-refractivity contribution >= 4 is 5.69 Å². The Hall–Kier alpha value is -0.980. The average Bonchev–Trinajstić information content (AvgIpc) is 2.02. The molecule has 1 rings (SSSR count). The molecule has 0 unspecified atom stereocenters. The first-order valence-corrected chi connectivity index (χ1v) is 4.37. The van der Waals surface area contributed by atoms with E-state index in [-0.39, 0.29) is 7.43 Å². The molecule has 0 radical (unpaired) electrons. The zero-order chi connectivity index (χ0) is 9.03. The molecule has 0 bridgehead atoms. The molecule has 0 fully saturated rings. The van der Waals surface area contributed by atoms with E-state index in [2.05, 4.69) is 38.2 Å². The van der Waals surface area contributed by atoms with Gasteiger partial charge in [0.25, 0.3) is 0 Å². The van der Waals surface area contributed by atoms with Crippen LogP contribution in [0.25, 0.3) is 0 Å². The number of hydrogen-bond donors (Lipinski definition) is 1. The second-order valence-electron chi connectivity index (χ2n) is 4.28. The summed E-state index contributed by atoms with van der Waals surface area (Å²) in [7, 11) is 0. The van der Waals surface area contributed by atoms with Crippen LogP contribution in [0, 0.1) is 5.41 Å². The molecule has 0 aliphatic rings. The topological polar surface area (TPSA) is 12.0 Å². The summed E-state index contributed by atoms with van der Waals surface area (Å²) in [5.74, 6) is 0. The number of para-hydroxylation sites is 1. The highest BCUT2D eigenvalue weighted by Crippen LogP contribution is 2.14. The second-order valence-corrected chi connectivity index (χ2v) is 4.28. The minimum atomic E-state index is 0. The Morgan fingerprint density at radius 1 is 1.08 bits per heavy atom. The van der Waals surface area contributed by atoms with Crippen LogP contribution in [0.4, 0.5) is 5.69 Å². The van der Waals surface area contributed by atoms with Crippen LogP contribution in [-0.2, 0) is 0 Å². The van der Waals surface area contributed by atoms with Crippen molar-refractivity contribution in [3.05, 3.63) is 30.3 Å². The lowest BCUT2D eigenvalue weighted by atomic mass is 9.97. The van der Waals surface area contributed by atoms with Crippen LogP contribution in [0.3, 0.4) is 0 Å². The molecule has 0 spiro atoms. The van der Waals surface area contributed by atoms with Crippen molar-refractivity contribution in [3.8, 4) is 0 Å². The van der Waals surface area contributed by atoms with Gasteiger partial charge in [-0.1, -0.05) is 46.4 Å². The lowest BCUT2D eigenvalue weighted by Gasteiger charge is -2.19. The van der Waals surface area contributed by atoms with Gasteiger partial charge in [0.05, 0.1) is 0 Å². The predicted molar refractivity (Wildman–Crippen MR) is 61.1 cm³/mol. The third-order valence-corrected chi connectivity index (χ3v) is 1.60. The quantitative estimate of drug-likeness (QED) is 0.728. The monoisotopic (exact) mass is 179 g/mol. The van der Waals surface area contributed by atoms with Crippen LogP contribution in [0.15, 0.2) is 30.3 Å². The normalized spacial score (nSPS) is 10.4. The second kappa shape index (κ2) is 4.90. The standard InChI is InChI=1S/C11H17N.CH4/c1-11(2,3)9-12-10-7-5-4-6-8-10;/h4-8,12H,9H2,1-3H3;1H4. The third-order valence-electron chi connectivity index (χ3n) is 1.60. The van der Waals surface area contributed by atoms with Crippen LogP contribution in [0.1, 0.15) is 28.2 Å². The van der Waals surface area contributed by atoms with E-state index in [1.54, 1.807) is 0 Å². The zero-order valence-corrected chi connectivity index (χ0v) is 8.09. The van der Waals surface area contributed by atoms with E-state index < -0.39 is 0 Å². The summed E-state index contributed by atoms with van der Waals surface area (Å²) in [4.78, 5) is 0. The molecule has 0 heterocycles. The van der Waals surface area contributed by atoms with Crippen LogP contribution < -0.4 is 5.32 Å². The molecular weight excluding hydrogens is 158 g/mol. The molecule has 1 aromatic rings. The van der Waals surface area contributed by atoms with Gasteiger partial charge in [0.15, 0.2) is 0 Å². The zero-order valence-electron chi connectivity index (χ0n) is 8.09. The largest absolute Gasteiger partial charge is 0.385 e. The molecule has 0 atom stereocenters. The first-order valence-electron chi connectivity index (χ1n) is 4.37. The van der Waals surface area contributed by atoms with Gasteiger partial charge in [-0.15, -0.1) is 0 Å². The Labute approximate surface area is 82.2 Å². The number of hydrogen-bond acceptors (Lipinski definition) is 1. The Kier molecular flexibility index (Phi) is 4.53. The summed E-state index contributed by atoms with van der Waals surface area (Å²) in [6.45, 7) is 7.69. The number of rotatable bonds is 2. The van der Waals surface area contributed by atoms with E-state index in [1.807, 2.05) is 18.2 Å². The van der Waals surface area contributed by atoms with Gasteiger partial charge in [-0.25, -0.2) is 0 Å². The molecule has 0 aromatic heterocycles. The van der Waals surface area contributed by atoms with Gasteiger partial charge < -0.3 is 5.32 Å². The maximum Gasteiger partial charge on any atom is 0.0340 e. The Morgan fingerprint density at radius 3 is 2.08 bits per heavy atom. The van der Waals surface area contributed by atoms with Gasteiger partial charge >= 0.3 is 0 Å². The van der Waals surface area contributed by atoms with Gasteiger partial charge in [-0.2, -0.15) is 0 Å². The first-order chi connectivity index (χ1) is 5.58. The summed E-state index contributed by atoms with van der Waals surface area (Å²) in [5.41, 5.74) is 1.54. The third kappa shape index (κ3) is 5.29. The lowest BCUT2D eigenvalue weighted by molar-refractivity contribution is 0.443. The first kappa shape index (κ1) is 12.0. The van der Waals surface area contributed by atoms with Crippen molar-refractivity contribution in [1.29, 1.82) is 0 Å². The molecule has 1 N–H and O–H groups in total. The average molecular weight is 179 g/mol. The summed E-state index contributed by atoms with van der Waals surface area (Å²) in [6, 6.07) is 10.3. The van der Waals surface area contributed by atoms with E-state index >= 15 is 0 Å². The molecule has 0 amide bonds. The Morgan fingerprint density at radius 2 is 1.62 bits per heavy atom. The molecule has 0 saturated carbocycles. The Bertz CT molecular complexity index is 221. The van der Waals surface area contributed by atoms with Crippen molar-refractivity contribution in [3.63, 3.8) is 0 Å². The van der Waals surface area contributed by atoms with Gasteiger partial charge in [0, 0.05) is 12.2 Å². The van der Waals surface area contributed by atoms with E-state index in [9.17, 15) is 0 Å². The molecule has 1 nitrogen and oxygen atoms in total. The Balaban J connectivity index is 0.00000144. The molecule has 74 valence electrons. The minimum Gasteiger partial charge on any atom is -0.385 e. The van der Waals surface area contributed by atoms with Crippen molar-refractivity contribution in [2.24, 2.45) is 5.41 Å². The predicted octanol–water partition coefficient (Wildman–Crippen LogP) is 3.78. The van der Waals surface area contributed by atoms with E-state index in [0.29, 0.717) is 5.41 Å². The number of nitrogens with one attached hydrogen (secondary N) is 1. The highest BCUT2D eigenvalue weighted by atomic mass is 14.9. The smallest absolute Gasteiger partial charge is 0.0340 e. The molecular formula is C12H21N. The fourth-order valence-corrected chi connectivity index (χ4v) is 0.923. The molecule has 1 aromatic carbocycles. The van der Waals surface area contributed by atoms with Gasteiger partial charge in [0.1, 0.15) is 0 Å². The molecule has 1 heteroatoms. The number of benzene rings is 1. The summed E-state index contributed by atoms with van der Waals surface area (Å²) < 4.78 is 0. The van der Waals surface area contributed by atoms with E-state index in [0.717, 1.165) is 6.54 Å². The minimum absolute atomic E-state index is 0. The van der Waals surface area contributed by atoms with Gasteiger partial charge in [0.2, 0.25) is 0 Å². The fraction of sp³-hybridized carbons (Fsp3) is 0.500. The van der Waals surface area contributed by atoms with Gasteiger partial charge in [-0.05, 0) is 17.5 Å². The van der Waals surface area contributed by atoms with Crippen LogP contribution in [-0.4, -0.2) is 6.54 Å². The molecule has 0 aliphatic carbocycles. The van der Waals surface area contributed by atoms with Crippen molar-refractivity contribution in [2.75, 3.05) is 11.9 Å². The maximum absolute atomic E-state index is 3.38. The highest BCUT2D eigenvalue weighted by Gasteiger charge is 2.08. The van der Waals surface area contributed by atoms with E-state index in [4.69, 9.17) is 0 Å². The van der Waals surface area contributed by atoms with Crippen molar-refractivity contribution in [1.82, 2.24) is 0 Å².